The Hall–Kier alpha value is -0.320. The summed E-state index contributed by atoms with van der Waals surface area (Å²) in [5.74, 6) is 0.0563. The molecule has 1 rings (SSSR count). The Morgan fingerprint density at radius 2 is 2.08 bits per heavy atom. The minimum atomic E-state index is -0.330. The van der Waals surface area contributed by atoms with Crippen LogP contribution in [-0.4, -0.2) is 43.2 Å². The highest BCUT2D eigenvalue weighted by molar-refractivity contribution is 5.85. The fourth-order valence-electron chi connectivity index (χ4n) is 1.19. The van der Waals surface area contributed by atoms with Gasteiger partial charge in [-0.1, -0.05) is 6.92 Å². The van der Waals surface area contributed by atoms with Crippen molar-refractivity contribution in [1.82, 2.24) is 4.90 Å². The number of halogens is 1. The van der Waals surface area contributed by atoms with E-state index in [0.717, 1.165) is 0 Å². The summed E-state index contributed by atoms with van der Waals surface area (Å²) in [5, 5.41) is 0. The largest absolute Gasteiger partial charge is 0.378 e. The van der Waals surface area contributed by atoms with Gasteiger partial charge in [0.05, 0.1) is 19.3 Å². The summed E-state index contributed by atoms with van der Waals surface area (Å²) in [6.07, 6.45) is 0.705. The van der Waals surface area contributed by atoms with Crippen LogP contribution in [0.5, 0.6) is 0 Å². The number of amides is 1. The van der Waals surface area contributed by atoms with Crippen molar-refractivity contribution in [2.45, 2.75) is 19.4 Å². The normalized spacial score (nSPS) is 19.1. The van der Waals surface area contributed by atoms with E-state index in [1.165, 1.54) is 0 Å². The fourth-order valence-corrected chi connectivity index (χ4v) is 1.19. The average Bonchev–Trinajstić information content (AvgIpc) is 2.17. The van der Waals surface area contributed by atoms with E-state index in [2.05, 4.69) is 0 Å². The Morgan fingerprint density at radius 3 is 2.54 bits per heavy atom. The second kappa shape index (κ2) is 6.18. The first-order valence-electron chi connectivity index (χ1n) is 4.37. The molecule has 1 aliphatic heterocycles. The summed E-state index contributed by atoms with van der Waals surface area (Å²) in [6, 6.07) is -0.330. The lowest BCUT2D eigenvalue weighted by atomic mass is 10.2. The van der Waals surface area contributed by atoms with Crippen molar-refractivity contribution >= 4 is 18.3 Å². The van der Waals surface area contributed by atoms with E-state index in [9.17, 15) is 4.79 Å². The van der Waals surface area contributed by atoms with Crippen LogP contribution in [0.2, 0.25) is 0 Å². The second-order valence-corrected chi connectivity index (χ2v) is 2.95. The SMILES string of the molecule is CC[C@H](N)C(=O)N1CCOCC1.Cl. The lowest BCUT2D eigenvalue weighted by molar-refractivity contribution is -0.136. The molecule has 1 heterocycles. The molecule has 13 heavy (non-hydrogen) atoms. The zero-order valence-corrected chi connectivity index (χ0v) is 8.68. The van der Waals surface area contributed by atoms with Gasteiger partial charge >= 0.3 is 0 Å². The summed E-state index contributed by atoms with van der Waals surface area (Å²) < 4.78 is 5.13. The van der Waals surface area contributed by atoms with Crippen molar-refractivity contribution in [3.63, 3.8) is 0 Å². The molecule has 0 aromatic heterocycles. The molecule has 1 saturated heterocycles. The summed E-state index contributed by atoms with van der Waals surface area (Å²) in [5.41, 5.74) is 5.62. The molecule has 0 radical (unpaired) electrons. The second-order valence-electron chi connectivity index (χ2n) is 2.95. The van der Waals surface area contributed by atoms with Crippen molar-refractivity contribution in [3.8, 4) is 0 Å². The van der Waals surface area contributed by atoms with Crippen molar-refractivity contribution in [3.05, 3.63) is 0 Å². The number of nitrogens with zero attached hydrogens (tertiary/aromatic N) is 1. The number of hydrogen-bond acceptors (Lipinski definition) is 3. The van der Waals surface area contributed by atoms with Gasteiger partial charge in [0, 0.05) is 13.1 Å². The smallest absolute Gasteiger partial charge is 0.239 e. The van der Waals surface area contributed by atoms with Gasteiger partial charge in [-0.2, -0.15) is 0 Å². The number of ether oxygens (including phenoxy) is 1. The van der Waals surface area contributed by atoms with Gasteiger partial charge in [-0.15, -0.1) is 12.4 Å². The maximum absolute atomic E-state index is 11.5. The van der Waals surface area contributed by atoms with Crippen LogP contribution in [0.15, 0.2) is 0 Å². The fraction of sp³-hybridized carbons (Fsp3) is 0.875. The molecular weight excluding hydrogens is 192 g/mol. The van der Waals surface area contributed by atoms with Crippen LogP contribution in [0.1, 0.15) is 13.3 Å². The van der Waals surface area contributed by atoms with Crippen molar-refractivity contribution in [1.29, 1.82) is 0 Å². The molecule has 0 unspecified atom stereocenters. The van der Waals surface area contributed by atoms with Gasteiger partial charge in [0.2, 0.25) is 5.91 Å². The van der Waals surface area contributed by atoms with E-state index in [1.807, 2.05) is 6.92 Å². The minimum Gasteiger partial charge on any atom is -0.378 e. The maximum Gasteiger partial charge on any atom is 0.239 e. The Bertz CT molecular complexity index is 160. The Balaban J connectivity index is 0.00000144. The van der Waals surface area contributed by atoms with E-state index in [1.54, 1.807) is 4.90 Å². The Labute approximate surface area is 84.8 Å². The van der Waals surface area contributed by atoms with Gasteiger partial charge in [0.15, 0.2) is 0 Å². The topological polar surface area (TPSA) is 55.6 Å². The molecule has 0 bridgehead atoms. The molecule has 1 atom stereocenters. The number of hydrogen-bond donors (Lipinski definition) is 1. The van der Waals surface area contributed by atoms with E-state index >= 15 is 0 Å². The van der Waals surface area contributed by atoms with E-state index in [4.69, 9.17) is 10.5 Å². The molecule has 4 nitrogen and oxygen atoms in total. The highest BCUT2D eigenvalue weighted by atomic mass is 35.5. The maximum atomic E-state index is 11.5. The van der Waals surface area contributed by atoms with E-state index < -0.39 is 0 Å². The average molecular weight is 209 g/mol. The van der Waals surface area contributed by atoms with Crippen molar-refractivity contribution in [2.24, 2.45) is 5.73 Å². The number of carbonyl (C=O) groups is 1. The van der Waals surface area contributed by atoms with Crippen LogP contribution in [0.3, 0.4) is 0 Å². The molecule has 0 spiro atoms. The van der Waals surface area contributed by atoms with Crippen LogP contribution < -0.4 is 5.73 Å². The summed E-state index contributed by atoms with van der Waals surface area (Å²) in [7, 11) is 0. The Morgan fingerprint density at radius 1 is 1.54 bits per heavy atom. The molecule has 0 aromatic rings. The molecular formula is C8H17ClN2O2. The molecule has 0 saturated carbocycles. The molecule has 0 aliphatic carbocycles. The van der Waals surface area contributed by atoms with E-state index in [0.29, 0.717) is 32.7 Å². The first-order valence-corrected chi connectivity index (χ1v) is 4.37. The lowest BCUT2D eigenvalue weighted by Gasteiger charge is -2.28. The molecule has 1 fully saturated rings. The van der Waals surface area contributed by atoms with Gasteiger partial charge in [0.1, 0.15) is 0 Å². The van der Waals surface area contributed by atoms with E-state index in [-0.39, 0.29) is 24.4 Å². The van der Waals surface area contributed by atoms with Crippen LogP contribution in [0, 0.1) is 0 Å². The number of nitrogens with two attached hydrogens (primary N) is 1. The monoisotopic (exact) mass is 208 g/mol. The zero-order chi connectivity index (χ0) is 8.97. The van der Waals surface area contributed by atoms with Gasteiger partial charge in [-0.25, -0.2) is 0 Å². The lowest BCUT2D eigenvalue weighted by Crippen LogP contribution is -2.48. The highest BCUT2D eigenvalue weighted by Crippen LogP contribution is 2.00. The van der Waals surface area contributed by atoms with Crippen LogP contribution in [0.4, 0.5) is 0 Å². The standard InChI is InChI=1S/C8H16N2O2.ClH/c1-2-7(9)8(11)10-3-5-12-6-4-10;/h7H,2-6,9H2,1H3;1H/t7-;/m0./s1. The van der Waals surface area contributed by atoms with Gasteiger partial charge in [-0.3, -0.25) is 4.79 Å². The third kappa shape index (κ3) is 3.50. The molecule has 1 amide bonds. The summed E-state index contributed by atoms with van der Waals surface area (Å²) in [4.78, 5) is 13.2. The first-order chi connectivity index (χ1) is 5.75. The highest BCUT2D eigenvalue weighted by Gasteiger charge is 2.20. The Kier molecular flexibility index (Phi) is 6.03. The zero-order valence-electron chi connectivity index (χ0n) is 7.86. The van der Waals surface area contributed by atoms with Gasteiger partial charge in [-0.05, 0) is 6.42 Å². The third-order valence-corrected chi connectivity index (χ3v) is 2.08. The third-order valence-electron chi connectivity index (χ3n) is 2.08. The number of morpholine rings is 1. The number of carbonyl (C=O) groups excluding carboxylic acids is 1. The summed E-state index contributed by atoms with van der Waals surface area (Å²) >= 11 is 0. The first kappa shape index (κ1) is 12.7. The predicted octanol–water partition coefficient (Wildman–Crippen LogP) is 0.00430. The molecule has 2 N–H and O–H groups in total. The van der Waals surface area contributed by atoms with Crippen molar-refractivity contribution in [2.75, 3.05) is 26.3 Å². The number of rotatable bonds is 2. The van der Waals surface area contributed by atoms with Gasteiger partial charge in [0.25, 0.3) is 0 Å². The molecule has 5 heteroatoms. The predicted molar refractivity (Wildman–Crippen MR) is 52.9 cm³/mol. The van der Waals surface area contributed by atoms with Crippen LogP contribution >= 0.6 is 12.4 Å². The van der Waals surface area contributed by atoms with Gasteiger partial charge < -0.3 is 15.4 Å². The van der Waals surface area contributed by atoms with Crippen LogP contribution in [-0.2, 0) is 9.53 Å². The molecule has 78 valence electrons. The molecule has 1 aliphatic rings. The quantitative estimate of drug-likeness (QED) is 0.696. The van der Waals surface area contributed by atoms with Crippen molar-refractivity contribution < 1.29 is 9.53 Å². The minimum absolute atomic E-state index is 0. The van der Waals surface area contributed by atoms with Crippen LogP contribution in [0.25, 0.3) is 0 Å². The summed E-state index contributed by atoms with van der Waals surface area (Å²) in [6.45, 7) is 4.58. The molecule has 0 aromatic carbocycles.